The van der Waals surface area contributed by atoms with Crippen LogP contribution >= 0.6 is 0 Å². The van der Waals surface area contributed by atoms with E-state index in [1.807, 2.05) is 26.0 Å². The van der Waals surface area contributed by atoms with Gasteiger partial charge in [0.15, 0.2) is 0 Å². The van der Waals surface area contributed by atoms with Crippen LogP contribution in [0.15, 0.2) is 18.2 Å². The molecule has 0 aliphatic rings. The van der Waals surface area contributed by atoms with Crippen molar-refractivity contribution >= 4 is 11.4 Å². The standard InChI is InChI=1S/C12H19N3O/c1-8(2)12(15)10-4-3-9(7-11(10)14)16-6-5-13/h3-4,7-8,15H,5-6,13-14H2,1-2H3. The van der Waals surface area contributed by atoms with Gasteiger partial charge in [0.1, 0.15) is 12.4 Å². The first-order valence-corrected chi connectivity index (χ1v) is 5.37. The van der Waals surface area contributed by atoms with Crippen LogP contribution in [0.25, 0.3) is 0 Å². The van der Waals surface area contributed by atoms with Crippen LogP contribution in [-0.2, 0) is 0 Å². The smallest absolute Gasteiger partial charge is 0.121 e. The minimum atomic E-state index is 0.165. The van der Waals surface area contributed by atoms with Gasteiger partial charge in [-0.05, 0) is 18.1 Å². The van der Waals surface area contributed by atoms with Crippen molar-refractivity contribution in [2.75, 3.05) is 18.9 Å². The summed E-state index contributed by atoms with van der Waals surface area (Å²) < 4.78 is 5.36. The lowest BCUT2D eigenvalue weighted by atomic mass is 9.99. The van der Waals surface area contributed by atoms with Gasteiger partial charge in [0.2, 0.25) is 0 Å². The van der Waals surface area contributed by atoms with Crippen molar-refractivity contribution in [3.63, 3.8) is 0 Å². The quantitative estimate of drug-likeness (QED) is 0.522. The molecule has 0 amide bonds. The van der Waals surface area contributed by atoms with E-state index in [1.54, 1.807) is 6.07 Å². The minimum absolute atomic E-state index is 0.165. The Bertz CT molecular complexity index is 375. The molecule has 0 radical (unpaired) electrons. The van der Waals surface area contributed by atoms with Crippen LogP contribution in [-0.4, -0.2) is 18.9 Å². The van der Waals surface area contributed by atoms with Gasteiger partial charge in [-0.2, -0.15) is 0 Å². The molecule has 0 aliphatic carbocycles. The topological polar surface area (TPSA) is 85.1 Å². The number of nitrogens with two attached hydrogens (primary N) is 2. The first-order chi connectivity index (χ1) is 7.56. The van der Waals surface area contributed by atoms with E-state index in [0.29, 0.717) is 30.3 Å². The fraction of sp³-hybridized carbons (Fsp3) is 0.417. The number of benzene rings is 1. The second kappa shape index (κ2) is 5.51. The van der Waals surface area contributed by atoms with Crippen LogP contribution in [0.2, 0.25) is 0 Å². The van der Waals surface area contributed by atoms with E-state index in [4.69, 9.17) is 21.6 Å². The Balaban J connectivity index is 2.87. The lowest BCUT2D eigenvalue weighted by molar-refractivity contribution is 0.328. The Hall–Kier alpha value is -1.55. The third-order valence-corrected chi connectivity index (χ3v) is 2.28. The van der Waals surface area contributed by atoms with Gasteiger partial charge in [0.05, 0.1) is 0 Å². The van der Waals surface area contributed by atoms with Gasteiger partial charge in [0.25, 0.3) is 0 Å². The molecule has 0 fully saturated rings. The second-order valence-electron chi connectivity index (χ2n) is 3.95. The first-order valence-electron chi connectivity index (χ1n) is 5.37. The van der Waals surface area contributed by atoms with Crippen LogP contribution in [0.5, 0.6) is 5.75 Å². The van der Waals surface area contributed by atoms with Crippen LogP contribution in [0.4, 0.5) is 5.69 Å². The number of ether oxygens (including phenoxy) is 1. The Morgan fingerprint density at radius 1 is 1.44 bits per heavy atom. The summed E-state index contributed by atoms with van der Waals surface area (Å²) in [5.41, 5.74) is 13.1. The minimum Gasteiger partial charge on any atom is -0.492 e. The maximum absolute atomic E-state index is 7.89. The van der Waals surface area contributed by atoms with E-state index in [1.165, 1.54) is 0 Å². The van der Waals surface area contributed by atoms with Crippen LogP contribution in [0.3, 0.4) is 0 Å². The predicted molar refractivity (Wildman–Crippen MR) is 67.1 cm³/mol. The van der Waals surface area contributed by atoms with Crippen molar-refractivity contribution in [1.29, 1.82) is 5.41 Å². The van der Waals surface area contributed by atoms with E-state index in [-0.39, 0.29) is 5.92 Å². The number of hydrogen-bond acceptors (Lipinski definition) is 4. The van der Waals surface area contributed by atoms with Crippen LogP contribution in [0.1, 0.15) is 19.4 Å². The summed E-state index contributed by atoms with van der Waals surface area (Å²) in [7, 11) is 0. The van der Waals surface area contributed by atoms with Crippen LogP contribution < -0.4 is 16.2 Å². The molecule has 4 heteroatoms. The van der Waals surface area contributed by atoms with Gasteiger partial charge < -0.3 is 21.6 Å². The van der Waals surface area contributed by atoms with E-state index >= 15 is 0 Å². The zero-order valence-electron chi connectivity index (χ0n) is 9.79. The lowest BCUT2D eigenvalue weighted by Crippen LogP contribution is -2.12. The Labute approximate surface area is 96.1 Å². The molecular weight excluding hydrogens is 202 g/mol. The van der Waals surface area contributed by atoms with Gasteiger partial charge in [-0.15, -0.1) is 0 Å². The summed E-state index contributed by atoms with van der Waals surface area (Å²) in [5.74, 6) is 0.862. The average molecular weight is 221 g/mol. The van der Waals surface area contributed by atoms with Crippen molar-refractivity contribution < 1.29 is 4.74 Å². The molecule has 0 aromatic heterocycles. The van der Waals surface area contributed by atoms with E-state index in [9.17, 15) is 0 Å². The predicted octanol–water partition coefficient (Wildman–Crippen LogP) is 1.63. The van der Waals surface area contributed by atoms with Gasteiger partial charge in [-0.3, -0.25) is 0 Å². The highest BCUT2D eigenvalue weighted by molar-refractivity contribution is 6.03. The molecule has 16 heavy (non-hydrogen) atoms. The average Bonchev–Trinajstić information content (AvgIpc) is 2.25. The van der Waals surface area contributed by atoms with Gasteiger partial charge >= 0.3 is 0 Å². The van der Waals surface area contributed by atoms with Gasteiger partial charge in [-0.25, -0.2) is 0 Å². The fourth-order valence-corrected chi connectivity index (χ4v) is 1.36. The summed E-state index contributed by atoms with van der Waals surface area (Å²) in [5, 5.41) is 7.89. The summed E-state index contributed by atoms with van der Waals surface area (Å²) in [4.78, 5) is 0. The molecule has 5 N–H and O–H groups in total. The largest absolute Gasteiger partial charge is 0.492 e. The Morgan fingerprint density at radius 3 is 2.62 bits per heavy atom. The zero-order valence-corrected chi connectivity index (χ0v) is 9.79. The molecule has 0 bridgehead atoms. The maximum atomic E-state index is 7.89. The molecule has 0 atom stereocenters. The van der Waals surface area contributed by atoms with Crippen molar-refractivity contribution in [2.24, 2.45) is 11.7 Å². The number of anilines is 1. The normalized spacial score (nSPS) is 10.5. The lowest BCUT2D eigenvalue weighted by Gasteiger charge is -2.12. The molecule has 4 nitrogen and oxygen atoms in total. The number of nitrogens with one attached hydrogen (secondary N) is 1. The molecule has 0 spiro atoms. The highest BCUT2D eigenvalue weighted by atomic mass is 16.5. The van der Waals surface area contributed by atoms with Gasteiger partial charge in [-0.1, -0.05) is 13.8 Å². The summed E-state index contributed by atoms with van der Waals surface area (Å²) >= 11 is 0. The molecule has 0 saturated heterocycles. The van der Waals surface area contributed by atoms with Crippen molar-refractivity contribution in [3.8, 4) is 5.75 Å². The molecule has 0 saturated carbocycles. The molecule has 1 aromatic carbocycles. The molecular formula is C12H19N3O. The third kappa shape index (κ3) is 2.97. The van der Waals surface area contributed by atoms with E-state index < -0.39 is 0 Å². The van der Waals surface area contributed by atoms with Crippen molar-refractivity contribution in [3.05, 3.63) is 23.8 Å². The van der Waals surface area contributed by atoms with Crippen molar-refractivity contribution in [2.45, 2.75) is 13.8 Å². The summed E-state index contributed by atoms with van der Waals surface area (Å²) in [6.45, 7) is 4.89. The summed E-state index contributed by atoms with van der Waals surface area (Å²) in [6.07, 6.45) is 0. The first kappa shape index (κ1) is 12.5. The summed E-state index contributed by atoms with van der Waals surface area (Å²) in [6, 6.07) is 5.38. The third-order valence-electron chi connectivity index (χ3n) is 2.28. The SMILES string of the molecule is CC(C)C(=N)c1ccc(OCCN)cc1N. The monoisotopic (exact) mass is 221 g/mol. The molecule has 88 valence electrons. The molecule has 0 heterocycles. The number of hydrogen-bond donors (Lipinski definition) is 3. The maximum Gasteiger partial charge on any atom is 0.121 e. The molecule has 0 unspecified atom stereocenters. The van der Waals surface area contributed by atoms with Gasteiger partial charge in [0, 0.05) is 29.6 Å². The molecule has 1 aromatic rings. The number of rotatable bonds is 5. The van der Waals surface area contributed by atoms with Crippen molar-refractivity contribution in [1.82, 2.24) is 0 Å². The Kier molecular flexibility index (Phi) is 4.31. The van der Waals surface area contributed by atoms with E-state index in [2.05, 4.69) is 0 Å². The van der Waals surface area contributed by atoms with E-state index in [0.717, 1.165) is 5.56 Å². The zero-order chi connectivity index (χ0) is 12.1. The molecule has 0 aliphatic heterocycles. The fourth-order valence-electron chi connectivity index (χ4n) is 1.36. The highest BCUT2D eigenvalue weighted by Gasteiger charge is 2.10. The van der Waals surface area contributed by atoms with Crippen LogP contribution in [0, 0.1) is 11.3 Å². The number of nitrogen functional groups attached to an aromatic ring is 1. The Morgan fingerprint density at radius 2 is 2.12 bits per heavy atom. The highest BCUT2D eigenvalue weighted by Crippen LogP contribution is 2.22. The second-order valence-corrected chi connectivity index (χ2v) is 3.95. The molecule has 1 rings (SSSR count).